The van der Waals surface area contributed by atoms with Gasteiger partial charge >= 0.3 is 0 Å². The fraction of sp³-hybridized carbons (Fsp3) is 0.333. The van der Waals surface area contributed by atoms with Crippen LogP contribution in [-0.4, -0.2) is 15.7 Å². The first-order valence-electron chi connectivity index (χ1n) is 5.48. The number of carbonyl (C=O) groups excluding carboxylic acids is 1. The molecule has 0 spiro atoms. The van der Waals surface area contributed by atoms with Gasteiger partial charge < -0.3 is 5.32 Å². The molecule has 0 aliphatic carbocycles. The van der Waals surface area contributed by atoms with Crippen molar-refractivity contribution >= 4 is 64.5 Å². The Balaban J connectivity index is 2.20. The summed E-state index contributed by atoms with van der Waals surface area (Å²) in [5, 5.41) is 3.48. The van der Waals surface area contributed by atoms with E-state index in [9.17, 15) is 4.79 Å². The van der Waals surface area contributed by atoms with Gasteiger partial charge in [0.05, 0.1) is 15.0 Å². The van der Waals surface area contributed by atoms with Gasteiger partial charge in [0.25, 0.3) is 0 Å². The number of anilines is 1. The lowest BCUT2D eigenvalue weighted by Crippen LogP contribution is -2.26. The molecule has 0 saturated carbocycles. The van der Waals surface area contributed by atoms with Crippen LogP contribution in [0.4, 0.5) is 5.13 Å². The van der Waals surface area contributed by atoms with Gasteiger partial charge in [-0.15, -0.1) is 0 Å². The number of thiazole rings is 1. The minimum atomic E-state index is -0.198. The Labute approximate surface area is 126 Å². The first-order chi connectivity index (χ1) is 8.47. The number of nitrogens with one attached hydrogen (secondary N) is 1. The number of hydrogen-bond donors (Lipinski definition) is 1. The minimum absolute atomic E-state index is 0.0527. The van der Waals surface area contributed by atoms with E-state index in [0.29, 0.717) is 5.13 Å². The van der Waals surface area contributed by atoms with Crippen molar-refractivity contribution in [2.45, 2.75) is 18.7 Å². The molecule has 1 atom stereocenters. The van der Waals surface area contributed by atoms with E-state index in [1.54, 1.807) is 0 Å². The van der Waals surface area contributed by atoms with Gasteiger partial charge in [-0.2, -0.15) is 0 Å². The molecule has 1 aromatic carbocycles. The zero-order valence-corrected chi connectivity index (χ0v) is 13.9. The van der Waals surface area contributed by atoms with Crippen molar-refractivity contribution in [3.05, 3.63) is 22.7 Å². The highest BCUT2D eigenvalue weighted by molar-refractivity contribution is 9.10. The highest BCUT2D eigenvalue weighted by Gasteiger charge is 2.19. The molecule has 3 nitrogen and oxygen atoms in total. The fourth-order valence-corrected chi connectivity index (χ4v) is 2.96. The van der Waals surface area contributed by atoms with Gasteiger partial charge in [0.15, 0.2) is 5.13 Å². The SMILES string of the molecule is CC(C)[C@H](Br)C(=O)Nc1nc2ccc(Br)cc2s1. The van der Waals surface area contributed by atoms with Gasteiger partial charge in [-0.25, -0.2) is 4.98 Å². The lowest BCUT2D eigenvalue weighted by molar-refractivity contribution is -0.116. The zero-order valence-electron chi connectivity index (χ0n) is 9.91. The summed E-state index contributed by atoms with van der Waals surface area (Å²) in [6, 6.07) is 5.87. The third-order valence-electron chi connectivity index (χ3n) is 2.42. The average Bonchev–Trinajstić information content (AvgIpc) is 2.68. The van der Waals surface area contributed by atoms with E-state index >= 15 is 0 Å². The molecule has 0 aliphatic rings. The molecule has 2 rings (SSSR count). The molecular weight excluding hydrogens is 380 g/mol. The van der Waals surface area contributed by atoms with Gasteiger partial charge in [0.2, 0.25) is 5.91 Å². The van der Waals surface area contributed by atoms with Gasteiger partial charge in [0, 0.05) is 4.47 Å². The second-order valence-electron chi connectivity index (χ2n) is 4.27. The number of alkyl halides is 1. The molecule has 1 N–H and O–H groups in total. The van der Waals surface area contributed by atoms with Crippen molar-refractivity contribution in [3.63, 3.8) is 0 Å². The molecule has 0 saturated heterocycles. The van der Waals surface area contributed by atoms with Crippen LogP contribution in [0.15, 0.2) is 22.7 Å². The summed E-state index contributed by atoms with van der Waals surface area (Å²) in [6.07, 6.45) is 0. The van der Waals surface area contributed by atoms with Crippen LogP contribution in [0.3, 0.4) is 0 Å². The Morgan fingerprint density at radius 3 is 2.83 bits per heavy atom. The first-order valence-corrected chi connectivity index (χ1v) is 8.01. The minimum Gasteiger partial charge on any atom is -0.301 e. The molecule has 96 valence electrons. The van der Waals surface area contributed by atoms with Gasteiger partial charge in [-0.3, -0.25) is 4.79 Å². The van der Waals surface area contributed by atoms with E-state index in [2.05, 4.69) is 42.2 Å². The maximum atomic E-state index is 11.9. The maximum Gasteiger partial charge on any atom is 0.240 e. The molecule has 1 heterocycles. The molecule has 0 bridgehead atoms. The van der Waals surface area contributed by atoms with E-state index in [0.717, 1.165) is 14.7 Å². The molecule has 1 aromatic heterocycles. The summed E-state index contributed by atoms with van der Waals surface area (Å²) in [5.41, 5.74) is 0.897. The van der Waals surface area contributed by atoms with Crippen LogP contribution < -0.4 is 5.32 Å². The van der Waals surface area contributed by atoms with Crippen LogP contribution in [0.1, 0.15) is 13.8 Å². The van der Waals surface area contributed by atoms with Crippen LogP contribution in [0, 0.1) is 5.92 Å². The normalized spacial score (nSPS) is 12.9. The summed E-state index contributed by atoms with van der Waals surface area (Å²) in [5.74, 6) is 0.191. The number of rotatable bonds is 3. The summed E-state index contributed by atoms with van der Waals surface area (Å²) in [7, 11) is 0. The molecule has 2 aromatic rings. The Bertz CT molecular complexity index is 582. The average molecular weight is 392 g/mol. The Kier molecular flexibility index (Phi) is 4.40. The van der Waals surface area contributed by atoms with E-state index in [4.69, 9.17) is 0 Å². The third-order valence-corrected chi connectivity index (χ3v) is 5.32. The van der Waals surface area contributed by atoms with E-state index in [1.165, 1.54) is 11.3 Å². The van der Waals surface area contributed by atoms with Crippen LogP contribution in [0.2, 0.25) is 0 Å². The van der Waals surface area contributed by atoms with Gasteiger partial charge in [0.1, 0.15) is 0 Å². The summed E-state index contributed by atoms with van der Waals surface area (Å²) < 4.78 is 2.06. The predicted molar refractivity (Wildman–Crippen MR) is 83.5 cm³/mol. The van der Waals surface area contributed by atoms with E-state index in [1.807, 2.05) is 32.0 Å². The quantitative estimate of drug-likeness (QED) is 0.787. The van der Waals surface area contributed by atoms with Crippen molar-refractivity contribution in [3.8, 4) is 0 Å². The number of amides is 1. The van der Waals surface area contributed by atoms with E-state index < -0.39 is 0 Å². The number of aromatic nitrogens is 1. The van der Waals surface area contributed by atoms with Crippen molar-refractivity contribution in [2.24, 2.45) is 5.92 Å². The fourth-order valence-electron chi connectivity index (χ4n) is 1.43. The Morgan fingerprint density at radius 2 is 2.17 bits per heavy atom. The van der Waals surface area contributed by atoms with Crippen molar-refractivity contribution in [1.29, 1.82) is 0 Å². The lowest BCUT2D eigenvalue weighted by atomic mass is 10.1. The van der Waals surface area contributed by atoms with Crippen LogP contribution in [-0.2, 0) is 4.79 Å². The zero-order chi connectivity index (χ0) is 13.3. The smallest absolute Gasteiger partial charge is 0.240 e. The summed E-state index contributed by atoms with van der Waals surface area (Å²) in [4.78, 5) is 16.1. The standard InChI is InChI=1S/C12H12Br2N2OS/c1-6(2)10(14)11(17)16-12-15-8-4-3-7(13)5-9(8)18-12/h3-6,10H,1-2H3,(H,15,16,17)/t10-/m0/s1. The molecule has 0 unspecified atom stereocenters. The molecule has 1 amide bonds. The Hall–Kier alpha value is -0.460. The van der Waals surface area contributed by atoms with Crippen molar-refractivity contribution in [1.82, 2.24) is 4.98 Å². The molecular formula is C12H12Br2N2OS. The highest BCUT2D eigenvalue weighted by atomic mass is 79.9. The van der Waals surface area contributed by atoms with Crippen molar-refractivity contribution < 1.29 is 4.79 Å². The molecule has 6 heteroatoms. The number of carbonyl (C=O) groups is 1. The number of halogens is 2. The highest BCUT2D eigenvalue weighted by Crippen LogP contribution is 2.29. The van der Waals surface area contributed by atoms with Crippen molar-refractivity contribution in [2.75, 3.05) is 5.32 Å². The van der Waals surface area contributed by atoms with Gasteiger partial charge in [-0.1, -0.05) is 57.0 Å². The van der Waals surface area contributed by atoms with Crippen LogP contribution in [0.25, 0.3) is 10.2 Å². The summed E-state index contributed by atoms with van der Waals surface area (Å²) in [6.45, 7) is 3.99. The Morgan fingerprint density at radius 1 is 1.44 bits per heavy atom. The summed E-state index contributed by atoms with van der Waals surface area (Å²) >= 11 is 8.27. The van der Waals surface area contributed by atoms with Crippen LogP contribution in [0.5, 0.6) is 0 Å². The lowest BCUT2D eigenvalue weighted by Gasteiger charge is -2.11. The van der Waals surface area contributed by atoms with E-state index in [-0.39, 0.29) is 16.7 Å². The van der Waals surface area contributed by atoms with Crippen LogP contribution >= 0.6 is 43.2 Å². The second-order valence-corrected chi connectivity index (χ2v) is 7.20. The number of hydrogen-bond acceptors (Lipinski definition) is 3. The topological polar surface area (TPSA) is 42.0 Å². The largest absolute Gasteiger partial charge is 0.301 e. The second kappa shape index (κ2) is 5.67. The molecule has 0 aliphatic heterocycles. The molecule has 18 heavy (non-hydrogen) atoms. The number of fused-ring (bicyclic) bond motifs is 1. The third kappa shape index (κ3) is 3.10. The predicted octanol–water partition coefficient (Wildman–Crippen LogP) is 4.42. The number of nitrogens with zero attached hydrogens (tertiary/aromatic N) is 1. The van der Waals surface area contributed by atoms with Gasteiger partial charge in [-0.05, 0) is 24.1 Å². The molecule has 0 fully saturated rings. The monoisotopic (exact) mass is 390 g/mol. The molecule has 0 radical (unpaired) electrons. The first kappa shape index (κ1) is 14.0. The number of benzene rings is 1. The maximum absolute atomic E-state index is 11.9.